The number of hydrogen-bond acceptors (Lipinski definition) is 1. The van der Waals surface area contributed by atoms with E-state index in [0.717, 1.165) is 18.6 Å². The van der Waals surface area contributed by atoms with Crippen LogP contribution in [0, 0.1) is 0 Å². The Labute approximate surface area is 119 Å². The number of allylic oxidation sites excluding steroid dienone is 4. The van der Waals surface area contributed by atoms with Crippen LogP contribution >= 0.6 is 0 Å². The lowest BCUT2D eigenvalue weighted by molar-refractivity contribution is 0.416. The first-order valence-corrected chi connectivity index (χ1v) is 7.02. The molecule has 0 aliphatic heterocycles. The highest BCUT2D eigenvalue weighted by Crippen LogP contribution is 2.46. The fourth-order valence-electron chi connectivity index (χ4n) is 3.33. The molecule has 0 spiro atoms. The maximum absolute atomic E-state index is 5.60. The van der Waals surface area contributed by atoms with Crippen LogP contribution in [0.1, 0.15) is 23.1 Å². The van der Waals surface area contributed by atoms with Gasteiger partial charge in [-0.1, -0.05) is 48.6 Å². The van der Waals surface area contributed by atoms with E-state index in [1.54, 1.807) is 7.11 Å². The maximum atomic E-state index is 5.60. The van der Waals surface area contributed by atoms with Gasteiger partial charge in [0.15, 0.2) is 0 Å². The minimum Gasteiger partial charge on any atom is -0.496 e. The highest BCUT2D eigenvalue weighted by atomic mass is 16.5. The lowest BCUT2D eigenvalue weighted by Gasteiger charge is -2.13. The predicted octanol–water partition coefficient (Wildman–Crippen LogP) is 4.61. The molecule has 20 heavy (non-hydrogen) atoms. The number of methoxy groups -OCH3 is 1. The quantitative estimate of drug-likeness (QED) is 0.653. The third-order valence-corrected chi connectivity index (χ3v) is 4.27. The van der Waals surface area contributed by atoms with Crippen LogP contribution in [-0.4, -0.2) is 7.11 Å². The van der Waals surface area contributed by atoms with Crippen LogP contribution in [0.15, 0.2) is 54.6 Å². The van der Waals surface area contributed by atoms with Crippen LogP contribution < -0.4 is 4.74 Å². The van der Waals surface area contributed by atoms with Gasteiger partial charge >= 0.3 is 0 Å². The van der Waals surface area contributed by atoms with Crippen molar-refractivity contribution in [2.45, 2.75) is 12.8 Å². The number of ether oxygens (including phenoxy) is 1. The Morgan fingerprint density at radius 2 is 1.90 bits per heavy atom. The standard InChI is InChI=1S/C19H16O/c1-20-18-11-10-15(13-6-2-3-7-13)17-12-14-8-4-5-9-16(14)19(17)18/h2-6,8-11H,7,12H2,1H3. The summed E-state index contributed by atoms with van der Waals surface area (Å²) in [6.45, 7) is 0. The average molecular weight is 260 g/mol. The first-order chi connectivity index (χ1) is 9.88. The van der Waals surface area contributed by atoms with Gasteiger partial charge in [-0.3, -0.25) is 0 Å². The minimum absolute atomic E-state index is 0.986. The largest absolute Gasteiger partial charge is 0.496 e. The molecule has 2 aliphatic rings. The number of fused-ring (bicyclic) bond motifs is 3. The Morgan fingerprint density at radius 3 is 2.70 bits per heavy atom. The topological polar surface area (TPSA) is 9.23 Å². The molecule has 0 radical (unpaired) electrons. The van der Waals surface area contributed by atoms with Crippen molar-refractivity contribution < 1.29 is 4.74 Å². The van der Waals surface area contributed by atoms with Gasteiger partial charge in [-0.2, -0.15) is 0 Å². The Balaban J connectivity index is 1.96. The first kappa shape index (κ1) is 11.5. The Hall–Kier alpha value is -2.28. The van der Waals surface area contributed by atoms with Crippen LogP contribution in [0.2, 0.25) is 0 Å². The molecular formula is C19H16O. The lowest BCUT2D eigenvalue weighted by atomic mass is 9.94. The van der Waals surface area contributed by atoms with E-state index in [4.69, 9.17) is 4.74 Å². The predicted molar refractivity (Wildman–Crippen MR) is 83.0 cm³/mol. The third kappa shape index (κ3) is 1.56. The van der Waals surface area contributed by atoms with Crippen LogP contribution in [0.3, 0.4) is 0 Å². The van der Waals surface area contributed by atoms with Gasteiger partial charge in [0.1, 0.15) is 5.75 Å². The second-order valence-electron chi connectivity index (χ2n) is 5.33. The normalized spacial score (nSPS) is 14.9. The monoisotopic (exact) mass is 260 g/mol. The molecule has 2 aromatic rings. The van der Waals surface area contributed by atoms with Gasteiger partial charge in [-0.15, -0.1) is 0 Å². The second-order valence-corrected chi connectivity index (χ2v) is 5.33. The Morgan fingerprint density at radius 1 is 1.00 bits per heavy atom. The van der Waals surface area contributed by atoms with Gasteiger partial charge in [-0.25, -0.2) is 0 Å². The summed E-state index contributed by atoms with van der Waals surface area (Å²) in [6, 6.07) is 13.0. The molecular weight excluding hydrogens is 244 g/mol. The second kappa shape index (κ2) is 4.38. The molecule has 4 rings (SSSR count). The molecule has 0 saturated heterocycles. The molecule has 0 bridgehead atoms. The van der Waals surface area contributed by atoms with Crippen molar-refractivity contribution in [2.75, 3.05) is 7.11 Å². The van der Waals surface area contributed by atoms with E-state index >= 15 is 0 Å². The zero-order valence-corrected chi connectivity index (χ0v) is 11.5. The van der Waals surface area contributed by atoms with Crippen molar-refractivity contribution in [2.24, 2.45) is 0 Å². The van der Waals surface area contributed by atoms with E-state index in [9.17, 15) is 0 Å². The van der Waals surface area contributed by atoms with Gasteiger partial charge in [0.2, 0.25) is 0 Å². The highest BCUT2D eigenvalue weighted by Gasteiger charge is 2.25. The summed E-state index contributed by atoms with van der Waals surface area (Å²) in [7, 11) is 1.76. The number of rotatable bonds is 2. The van der Waals surface area contributed by atoms with Gasteiger partial charge in [-0.05, 0) is 46.7 Å². The smallest absolute Gasteiger partial charge is 0.127 e. The summed E-state index contributed by atoms with van der Waals surface area (Å²) >= 11 is 0. The van der Waals surface area contributed by atoms with E-state index in [1.807, 2.05) is 0 Å². The molecule has 0 fully saturated rings. The number of hydrogen-bond donors (Lipinski definition) is 0. The van der Waals surface area contributed by atoms with E-state index in [-0.39, 0.29) is 0 Å². The minimum atomic E-state index is 0.986. The first-order valence-electron chi connectivity index (χ1n) is 7.02. The van der Waals surface area contributed by atoms with Crippen molar-refractivity contribution in [3.63, 3.8) is 0 Å². The van der Waals surface area contributed by atoms with Gasteiger partial charge in [0.05, 0.1) is 7.11 Å². The van der Waals surface area contributed by atoms with Crippen molar-refractivity contribution in [3.05, 3.63) is 71.3 Å². The molecule has 0 amide bonds. The van der Waals surface area contributed by atoms with Gasteiger partial charge in [0.25, 0.3) is 0 Å². The van der Waals surface area contributed by atoms with E-state index in [2.05, 4.69) is 54.6 Å². The van der Waals surface area contributed by atoms with Gasteiger partial charge < -0.3 is 4.74 Å². The molecule has 1 heteroatoms. The van der Waals surface area contributed by atoms with Crippen LogP contribution in [0.4, 0.5) is 0 Å². The van der Waals surface area contributed by atoms with Crippen LogP contribution in [0.5, 0.6) is 5.75 Å². The lowest BCUT2D eigenvalue weighted by Crippen LogP contribution is -1.94. The molecule has 1 nitrogen and oxygen atoms in total. The molecule has 0 atom stereocenters. The fourth-order valence-corrected chi connectivity index (χ4v) is 3.33. The molecule has 0 heterocycles. The molecule has 2 aromatic carbocycles. The van der Waals surface area contributed by atoms with Crippen LogP contribution in [0.25, 0.3) is 16.7 Å². The highest BCUT2D eigenvalue weighted by molar-refractivity contribution is 5.88. The average Bonchev–Trinajstić information content (AvgIpc) is 3.13. The SMILES string of the molecule is COc1ccc(C2=CC=CC2)c2c1-c1ccccc1C2. The molecule has 0 N–H and O–H groups in total. The van der Waals surface area contributed by atoms with Crippen molar-refractivity contribution in [1.82, 2.24) is 0 Å². The molecule has 0 unspecified atom stereocenters. The summed E-state index contributed by atoms with van der Waals surface area (Å²) in [4.78, 5) is 0. The van der Waals surface area contributed by atoms with Crippen LogP contribution in [-0.2, 0) is 6.42 Å². The number of benzene rings is 2. The van der Waals surface area contributed by atoms with Crippen molar-refractivity contribution in [1.29, 1.82) is 0 Å². The van der Waals surface area contributed by atoms with E-state index in [0.29, 0.717) is 0 Å². The zero-order valence-electron chi connectivity index (χ0n) is 11.5. The molecule has 0 saturated carbocycles. The molecule has 2 aliphatic carbocycles. The van der Waals surface area contributed by atoms with Crippen molar-refractivity contribution in [3.8, 4) is 16.9 Å². The zero-order chi connectivity index (χ0) is 13.5. The maximum Gasteiger partial charge on any atom is 0.127 e. The van der Waals surface area contributed by atoms with Gasteiger partial charge in [0, 0.05) is 5.56 Å². The van der Waals surface area contributed by atoms with E-state index < -0.39 is 0 Å². The summed E-state index contributed by atoms with van der Waals surface area (Å²) in [5.74, 6) is 0.986. The van der Waals surface area contributed by atoms with Crippen molar-refractivity contribution >= 4 is 5.57 Å². The Bertz CT molecular complexity index is 750. The summed E-state index contributed by atoms with van der Waals surface area (Å²) in [5.41, 5.74) is 8.22. The molecule has 0 aromatic heterocycles. The summed E-state index contributed by atoms with van der Waals surface area (Å²) in [6.07, 6.45) is 8.64. The summed E-state index contributed by atoms with van der Waals surface area (Å²) < 4.78 is 5.60. The third-order valence-electron chi connectivity index (χ3n) is 4.27. The van der Waals surface area contributed by atoms with E-state index in [1.165, 1.54) is 33.4 Å². The summed E-state index contributed by atoms with van der Waals surface area (Å²) in [5, 5.41) is 0. The molecule has 98 valence electrons. The Kier molecular flexibility index (Phi) is 2.53. The fraction of sp³-hybridized carbons (Fsp3) is 0.158.